The van der Waals surface area contributed by atoms with Gasteiger partial charge in [-0.25, -0.2) is 0 Å². The van der Waals surface area contributed by atoms with Crippen molar-refractivity contribution in [2.75, 3.05) is 50.8 Å². The minimum absolute atomic E-state index is 0.570. The molecule has 1 atom stereocenters. The molecule has 0 amide bonds. The first kappa shape index (κ1) is 15.1. The summed E-state index contributed by atoms with van der Waals surface area (Å²) in [6.07, 6.45) is 0. The van der Waals surface area contributed by atoms with Crippen LogP contribution in [0.2, 0.25) is 0 Å². The monoisotopic (exact) mass is 278 g/mol. The minimum atomic E-state index is 0.570. The summed E-state index contributed by atoms with van der Waals surface area (Å²) in [5.74, 6) is 2.30. The smallest absolute Gasteiger partial charge is 0.215 e. The Labute approximate surface area is 121 Å². The molecule has 5 nitrogen and oxygen atoms in total. The van der Waals surface area contributed by atoms with Gasteiger partial charge >= 0.3 is 0 Å². The maximum atomic E-state index is 5.69. The maximum Gasteiger partial charge on any atom is 0.215 e. The van der Waals surface area contributed by atoms with Crippen LogP contribution in [0.1, 0.15) is 13.8 Å². The molecule has 1 aromatic heterocycles. The summed E-state index contributed by atoms with van der Waals surface area (Å²) in [6, 6.07) is 5.98. The standard InChI is InChI=1S/C15H26N4O/c1-3-20-15-6-4-5-14(17-15)19-9-7-18(8-10-19)12-13(2)11-16/h4-6,13H,3,7-12,16H2,1-2H3. The zero-order valence-corrected chi connectivity index (χ0v) is 12.6. The molecule has 0 radical (unpaired) electrons. The molecule has 2 N–H and O–H groups in total. The third-order valence-electron chi connectivity index (χ3n) is 3.67. The summed E-state index contributed by atoms with van der Waals surface area (Å²) < 4.78 is 5.46. The normalized spacial score (nSPS) is 18.1. The summed E-state index contributed by atoms with van der Waals surface area (Å²) >= 11 is 0. The van der Waals surface area contributed by atoms with Gasteiger partial charge in [-0.15, -0.1) is 0 Å². The summed E-state index contributed by atoms with van der Waals surface area (Å²) in [7, 11) is 0. The van der Waals surface area contributed by atoms with Crippen LogP contribution in [-0.2, 0) is 0 Å². The Morgan fingerprint density at radius 3 is 2.70 bits per heavy atom. The maximum absolute atomic E-state index is 5.69. The van der Waals surface area contributed by atoms with Crippen LogP contribution in [0.25, 0.3) is 0 Å². The predicted molar refractivity (Wildman–Crippen MR) is 82.3 cm³/mol. The van der Waals surface area contributed by atoms with E-state index in [1.165, 1.54) is 0 Å². The summed E-state index contributed by atoms with van der Waals surface area (Å²) in [5.41, 5.74) is 5.69. The number of ether oxygens (including phenoxy) is 1. The molecule has 1 fully saturated rings. The van der Waals surface area contributed by atoms with E-state index in [0.29, 0.717) is 18.4 Å². The van der Waals surface area contributed by atoms with Gasteiger partial charge in [0, 0.05) is 38.8 Å². The van der Waals surface area contributed by atoms with Gasteiger partial charge in [0.2, 0.25) is 5.88 Å². The Hall–Kier alpha value is -1.33. The average Bonchev–Trinajstić information content (AvgIpc) is 2.48. The van der Waals surface area contributed by atoms with Crippen molar-refractivity contribution in [2.45, 2.75) is 13.8 Å². The van der Waals surface area contributed by atoms with E-state index in [1.54, 1.807) is 0 Å². The van der Waals surface area contributed by atoms with Gasteiger partial charge in [0.15, 0.2) is 0 Å². The molecular formula is C15H26N4O. The van der Waals surface area contributed by atoms with E-state index in [0.717, 1.165) is 45.1 Å². The van der Waals surface area contributed by atoms with Gasteiger partial charge in [-0.1, -0.05) is 13.0 Å². The lowest BCUT2D eigenvalue weighted by Crippen LogP contribution is -2.48. The SMILES string of the molecule is CCOc1cccc(N2CCN(CC(C)CN)CC2)n1. The van der Waals surface area contributed by atoms with E-state index in [9.17, 15) is 0 Å². The number of hydrogen-bond donors (Lipinski definition) is 1. The topological polar surface area (TPSA) is 54.6 Å². The lowest BCUT2D eigenvalue weighted by Gasteiger charge is -2.36. The van der Waals surface area contributed by atoms with Crippen molar-refractivity contribution in [2.24, 2.45) is 11.7 Å². The molecule has 0 bridgehead atoms. The molecule has 0 aromatic carbocycles. The number of nitrogens with zero attached hydrogens (tertiary/aromatic N) is 3. The number of nitrogens with two attached hydrogens (primary N) is 1. The van der Waals surface area contributed by atoms with Crippen LogP contribution in [0.5, 0.6) is 5.88 Å². The lowest BCUT2D eigenvalue weighted by molar-refractivity contribution is 0.226. The number of hydrogen-bond acceptors (Lipinski definition) is 5. The van der Waals surface area contributed by atoms with Crippen LogP contribution in [0.4, 0.5) is 5.82 Å². The Bertz CT molecular complexity index is 405. The summed E-state index contributed by atoms with van der Waals surface area (Å²) in [4.78, 5) is 9.37. The second-order valence-electron chi connectivity index (χ2n) is 5.40. The summed E-state index contributed by atoms with van der Waals surface area (Å²) in [6.45, 7) is 10.9. The highest BCUT2D eigenvalue weighted by Crippen LogP contribution is 2.17. The van der Waals surface area contributed by atoms with Crippen LogP contribution in [0, 0.1) is 5.92 Å². The lowest BCUT2D eigenvalue weighted by atomic mass is 10.1. The average molecular weight is 278 g/mol. The molecule has 1 aliphatic rings. The van der Waals surface area contributed by atoms with Gasteiger partial charge in [-0.05, 0) is 25.5 Å². The predicted octanol–water partition coefficient (Wildman–Crippen LogP) is 1.20. The number of pyridine rings is 1. The number of anilines is 1. The molecule has 1 unspecified atom stereocenters. The van der Waals surface area contributed by atoms with Crippen molar-refractivity contribution >= 4 is 5.82 Å². The molecule has 2 heterocycles. The summed E-state index contributed by atoms with van der Waals surface area (Å²) in [5, 5.41) is 0. The van der Waals surface area contributed by atoms with Gasteiger partial charge in [-0.2, -0.15) is 4.98 Å². The molecule has 112 valence electrons. The van der Waals surface area contributed by atoms with Crippen LogP contribution in [0.3, 0.4) is 0 Å². The van der Waals surface area contributed by atoms with Crippen LogP contribution in [0.15, 0.2) is 18.2 Å². The second kappa shape index (κ2) is 7.45. The van der Waals surface area contributed by atoms with E-state index >= 15 is 0 Å². The molecule has 0 spiro atoms. The molecular weight excluding hydrogens is 252 g/mol. The molecule has 20 heavy (non-hydrogen) atoms. The van der Waals surface area contributed by atoms with Crippen molar-refractivity contribution in [3.63, 3.8) is 0 Å². The molecule has 1 saturated heterocycles. The fourth-order valence-electron chi connectivity index (χ4n) is 2.48. The van der Waals surface area contributed by atoms with Crippen LogP contribution >= 0.6 is 0 Å². The Morgan fingerprint density at radius 1 is 1.30 bits per heavy atom. The van der Waals surface area contributed by atoms with Gasteiger partial charge in [0.25, 0.3) is 0 Å². The molecule has 0 aliphatic carbocycles. The van der Waals surface area contributed by atoms with Crippen LogP contribution in [-0.4, -0.2) is 55.8 Å². The molecule has 1 aromatic rings. The van der Waals surface area contributed by atoms with E-state index < -0.39 is 0 Å². The zero-order chi connectivity index (χ0) is 14.4. The van der Waals surface area contributed by atoms with E-state index in [-0.39, 0.29) is 0 Å². The highest BCUT2D eigenvalue weighted by atomic mass is 16.5. The number of rotatable bonds is 6. The fourth-order valence-corrected chi connectivity index (χ4v) is 2.48. The largest absolute Gasteiger partial charge is 0.478 e. The molecule has 0 saturated carbocycles. The van der Waals surface area contributed by atoms with Crippen molar-refractivity contribution in [1.29, 1.82) is 0 Å². The van der Waals surface area contributed by atoms with Gasteiger partial charge in [0.05, 0.1) is 6.61 Å². The quantitative estimate of drug-likeness (QED) is 0.847. The van der Waals surface area contributed by atoms with Gasteiger partial charge < -0.3 is 15.4 Å². The van der Waals surface area contributed by atoms with Crippen molar-refractivity contribution < 1.29 is 4.74 Å². The Kier molecular flexibility index (Phi) is 5.61. The van der Waals surface area contributed by atoms with Crippen molar-refractivity contribution in [1.82, 2.24) is 9.88 Å². The third-order valence-corrected chi connectivity index (χ3v) is 3.67. The van der Waals surface area contributed by atoms with Crippen molar-refractivity contribution in [3.05, 3.63) is 18.2 Å². The second-order valence-corrected chi connectivity index (χ2v) is 5.40. The zero-order valence-electron chi connectivity index (χ0n) is 12.6. The van der Waals surface area contributed by atoms with Crippen molar-refractivity contribution in [3.8, 4) is 5.88 Å². The highest BCUT2D eigenvalue weighted by Gasteiger charge is 2.19. The Balaban J connectivity index is 1.88. The highest BCUT2D eigenvalue weighted by molar-refractivity contribution is 5.41. The van der Waals surface area contributed by atoms with E-state index in [1.807, 2.05) is 19.1 Å². The van der Waals surface area contributed by atoms with E-state index in [4.69, 9.17) is 10.5 Å². The first-order valence-corrected chi connectivity index (χ1v) is 7.50. The molecule has 2 rings (SSSR count). The number of piperazine rings is 1. The Morgan fingerprint density at radius 2 is 2.05 bits per heavy atom. The fraction of sp³-hybridized carbons (Fsp3) is 0.667. The third kappa shape index (κ3) is 4.08. The minimum Gasteiger partial charge on any atom is -0.478 e. The molecule has 1 aliphatic heterocycles. The van der Waals surface area contributed by atoms with E-state index in [2.05, 4.69) is 27.8 Å². The van der Waals surface area contributed by atoms with Gasteiger partial charge in [0.1, 0.15) is 5.82 Å². The molecule has 5 heteroatoms. The first-order chi connectivity index (χ1) is 9.72. The number of aromatic nitrogens is 1. The van der Waals surface area contributed by atoms with Gasteiger partial charge in [-0.3, -0.25) is 4.90 Å². The first-order valence-electron chi connectivity index (χ1n) is 7.50. The van der Waals surface area contributed by atoms with Crippen LogP contribution < -0.4 is 15.4 Å².